The fourth-order valence-electron chi connectivity index (χ4n) is 3.95. The van der Waals surface area contributed by atoms with E-state index in [0.29, 0.717) is 48.7 Å². The third-order valence-corrected chi connectivity index (χ3v) is 5.64. The number of aromatic nitrogens is 2. The van der Waals surface area contributed by atoms with E-state index in [-0.39, 0.29) is 11.8 Å². The van der Waals surface area contributed by atoms with Gasteiger partial charge in [0.1, 0.15) is 11.5 Å². The van der Waals surface area contributed by atoms with Crippen LogP contribution in [0.2, 0.25) is 0 Å². The maximum Gasteiger partial charge on any atom is 0.241 e. The zero-order chi connectivity index (χ0) is 23.0. The molecule has 0 unspecified atom stereocenters. The number of anilines is 1. The smallest absolute Gasteiger partial charge is 0.241 e. The van der Waals surface area contributed by atoms with E-state index in [1.165, 1.54) is 0 Å². The van der Waals surface area contributed by atoms with Gasteiger partial charge in [-0.05, 0) is 51.9 Å². The molecule has 2 heterocycles. The lowest BCUT2D eigenvalue weighted by atomic mass is 9.95. The summed E-state index contributed by atoms with van der Waals surface area (Å²) in [4.78, 5) is 19.7. The maximum atomic E-state index is 13.0. The minimum atomic E-state index is -0.0611. The molecular weight excluding hydrogens is 420 g/mol. The lowest BCUT2D eigenvalue weighted by Gasteiger charge is -2.30. The highest BCUT2D eigenvalue weighted by atomic mass is 16.5. The Morgan fingerprint density at radius 3 is 2.58 bits per heavy atom. The molecule has 1 saturated heterocycles. The van der Waals surface area contributed by atoms with Gasteiger partial charge in [-0.25, -0.2) is 0 Å². The van der Waals surface area contributed by atoms with Crippen molar-refractivity contribution in [3.8, 4) is 22.9 Å². The van der Waals surface area contributed by atoms with Gasteiger partial charge in [-0.1, -0.05) is 35.5 Å². The van der Waals surface area contributed by atoms with Gasteiger partial charge in [-0.15, -0.1) is 0 Å². The summed E-state index contributed by atoms with van der Waals surface area (Å²) >= 11 is 0. The minimum absolute atomic E-state index is 0.00778. The predicted molar refractivity (Wildman–Crippen MR) is 125 cm³/mol. The molecule has 0 bridgehead atoms. The number of carbonyl (C=O) groups is 1. The van der Waals surface area contributed by atoms with Crippen molar-refractivity contribution in [3.63, 3.8) is 0 Å². The average molecular weight is 451 g/mol. The Morgan fingerprint density at radius 2 is 1.85 bits per heavy atom. The molecule has 1 aromatic heterocycles. The zero-order valence-electron chi connectivity index (χ0n) is 19.1. The van der Waals surface area contributed by atoms with Gasteiger partial charge in [0, 0.05) is 17.5 Å². The fourth-order valence-corrected chi connectivity index (χ4v) is 3.95. The predicted octanol–water partition coefficient (Wildman–Crippen LogP) is 4.38. The van der Waals surface area contributed by atoms with Crippen LogP contribution in [0.4, 0.5) is 5.69 Å². The third kappa shape index (κ3) is 5.90. The van der Waals surface area contributed by atoms with E-state index in [4.69, 9.17) is 14.0 Å². The maximum absolute atomic E-state index is 13.0. The fraction of sp³-hybridized carbons (Fsp3) is 0.400. The van der Waals surface area contributed by atoms with Crippen molar-refractivity contribution in [2.45, 2.75) is 33.2 Å². The second-order valence-corrected chi connectivity index (χ2v) is 7.94. The van der Waals surface area contributed by atoms with Crippen LogP contribution >= 0.6 is 0 Å². The summed E-state index contributed by atoms with van der Waals surface area (Å²) in [5.74, 6) is 2.49. The molecule has 1 fully saturated rings. The number of piperidine rings is 1. The monoisotopic (exact) mass is 450 g/mol. The topological polar surface area (TPSA) is 89.7 Å². The molecule has 0 radical (unpaired) electrons. The minimum Gasteiger partial charge on any atom is -0.494 e. The number of rotatable bonds is 9. The first kappa shape index (κ1) is 22.8. The van der Waals surface area contributed by atoms with E-state index in [0.717, 1.165) is 31.5 Å². The van der Waals surface area contributed by atoms with Crippen LogP contribution in [0.1, 0.15) is 32.6 Å². The van der Waals surface area contributed by atoms with Crippen molar-refractivity contribution >= 4 is 11.6 Å². The van der Waals surface area contributed by atoms with E-state index >= 15 is 0 Å². The van der Waals surface area contributed by atoms with E-state index in [1.807, 2.05) is 62.4 Å². The highest BCUT2D eigenvalue weighted by Crippen LogP contribution is 2.31. The SMILES string of the molecule is CCOc1ccc(OCC)c(NC(=O)C2CCN(Cc3nc(-c4ccccc4)no3)CC2)c1. The first-order chi connectivity index (χ1) is 16.2. The van der Waals surface area contributed by atoms with Crippen LogP contribution in [0.25, 0.3) is 11.4 Å². The van der Waals surface area contributed by atoms with Crippen LogP contribution < -0.4 is 14.8 Å². The number of hydrogen-bond donors (Lipinski definition) is 1. The quantitative estimate of drug-likeness (QED) is 0.517. The average Bonchev–Trinajstić information content (AvgIpc) is 3.30. The van der Waals surface area contributed by atoms with Crippen LogP contribution in [0, 0.1) is 5.92 Å². The number of likely N-dealkylation sites (tertiary alicyclic amines) is 1. The first-order valence-corrected chi connectivity index (χ1v) is 11.5. The summed E-state index contributed by atoms with van der Waals surface area (Å²) < 4.78 is 16.7. The molecule has 0 atom stereocenters. The van der Waals surface area contributed by atoms with Gasteiger partial charge in [-0.3, -0.25) is 9.69 Å². The number of amides is 1. The summed E-state index contributed by atoms with van der Waals surface area (Å²) in [5, 5.41) is 7.13. The molecule has 3 aromatic rings. The first-order valence-electron chi connectivity index (χ1n) is 11.5. The van der Waals surface area contributed by atoms with Crippen molar-refractivity contribution in [1.82, 2.24) is 15.0 Å². The second-order valence-electron chi connectivity index (χ2n) is 7.94. The van der Waals surface area contributed by atoms with E-state index in [9.17, 15) is 4.79 Å². The number of ether oxygens (including phenoxy) is 2. The Bertz CT molecular complexity index is 1050. The number of nitrogens with zero attached hydrogens (tertiary/aromatic N) is 3. The largest absolute Gasteiger partial charge is 0.494 e. The molecule has 174 valence electrons. The Hall–Kier alpha value is -3.39. The highest BCUT2D eigenvalue weighted by Gasteiger charge is 2.27. The molecule has 1 N–H and O–H groups in total. The highest BCUT2D eigenvalue weighted by molar-refractivity contribution is 5.94. The van der Waals surface area contributed by atoms with Gasteiger partial charge >= 0.3 is 0 Å². The summed E-state index contributed by atoms with van der Waals surface area (Å²) in [5.41, 5.74) is 1.58. The molecule has 0 saturated carbocycles. The molecule has 8 nitrogen and oxygen atoms in total. The standard InChI is InChI=1S/C25H30N4O4/c1-3-31-20-10-11-22(32-4-2)21(16-20)26-25(30)19-12-14-29(15-13-19)17-23-27-24(28-33-23)18-8-6-5-7-9-18/h5-11,16,19H,3-4,12-15,17H2,1-2H3,(H,26,30). The Morgan fingerprint density at radius 1 is 1.09 bits per heavy atom. The molecule has 33 heavy (non-hydrogen) atoms. The molecule has 2 aromatic carbocycles. The van der Waals surface area contributed by atoms with Crippen molar-refractivity contribution in [3.05, 3.63) is 54.4 Å². The molecular formula is C25H30N4O4. The molecule has 0 aliphatic carbocycles. The van der Waals surface area contributed by atoms with Gasteiger partial charge < -0.3 is 19.3 Å². The summed E-state index contributed by atoms with van der Waals surface area (Å²) in [6.07, 6.45) is 1.53. The molecule has 0 spiro atoms. The zero-order valence-corrected chi connectivity index (χ0v) is 19.1. The van der Waals surface area contributed by atoms with Crippen molar-refractivity contribution in [2.24, 2.45) is 5.92 Å². The molecule has 4 rings (SSSR count). The van der Waals surface area contributed by atoms with Gasteiger partial charge in [-0.2, -0.15) is 4.98 Å². The molecule has 8 heteroatoms. The van der Waals surface area contributed by atoms with Crippen molar-refractivity contribution < 1.29 is 18.8 Å². The van der Waals surface area contributed by atoms with Crippen LogP contribution in [0.3, 0.4) is 0 Å². The number of benzene rings is 2. The van der Waals surface area contributed by atoms with Crippen molar-refractivity contribution in [2.75, 3.05) is 31.6 Å². The molecule has 1 amide bonds. The Kier molecular flexibility index (Phi) is 7.57. The van der Waals surface area contributed by atoms with Gasteiger partial charge in [0.2, 0.25) is 17.6 Å². The number of nitrogens with one attached hydrogen (secondary N) is 1. The second kappa shape index (κ2) is 11.0. The Balaban J connectivity index is 1.31. The van der Waals surface area contributed by atoms with Gasteiger partial charge in [0.05, 0.1) is 25.4 Å². The third-order valence-electron chi connectivity index (χ3n) is 5.64. The van der Waals surface area contributed by atoms with Crippen LogP contribution in [0.5, 0.6) is 11.5 Å². The molecule has 1 aliphatic heterocycles. The molecule has 1 aliphatic rings. The summed E-state index contributed by atoms with van der Waals surface area (Å²) in [6.45, 7) is 7.10. The van der Waals surface area contributed by atoms with E-state index in [1.54, 1.807) is 0 Å². The van der Waals surface area contributed by atoms with Crippen molar-refractivity contribution in [1.29, 1.82) is 0 Å². The summed E-state index contributed by atoms with van der Waals surface area (Å²) in [7, 11) is 0. The number of carbonyl (C=O) groups excluding carboxylic acids is 1. The van der Waals surface area contributed by atoms with Crippen LogP contribution in [0.15, 0.2) is 53.1 Å². The van der Waals surface area contributed by atoms with E-state index < -0.39 is 0 Å². The van der Waals surface area contributed by atoms with Crippen LogP contribution in [-0.2, 0) is 11.3 Å². The Labute approximate surface area is 193 Å². The lowest BCUT2D eigenvalue weighted by molar-refractivity contribution is -0.121. The normalized spacial score (nSPS) is 14.7. The lowest BCUT2D eigenvalue weighted by Crippen LogP contribution is -2.37. The van der Waals surface area contributed by atoms with Gasteiger partial charge in [0.25, 0.3) is 0 Å². The number of hydrogen-bond acceptors (Lipinski definition) is 7. The van der Waals surface area contributed by atoms with Gasteiger partial charge in [0.15, 0.2) is 0 Å². The van der Waals surface area contributed by atoms with Crippen LogP contribution in [-0.4, -0.2) is 47.3 Å². The van der Waals surface area contributed by atoms with E-state index in [2.05, 4.69) is 20.4 Å². The summed E-state index contributed by atoms with van der Waals surface area (Å²) in [6, 6.07) is 15.3.